The van der Waals surface area contributed by atoms with Crippen molar-refractivity contribution in [3.05, 3.63) is 66.2 Å². The highest BCUT2D eigenvalue weighted by molar-refractivity contribution is 7.92. The highest BCUT2D eigenvalue weighted by Crippen LogP contribution is 2.38. The second-order valence-corrected chi connectivity index (χ2v) is 12.4. The van der Waals surface area contributed by atoms with Crippen LogP contribution in [0.1, 0.15) is 32.8 Å². The number of anilines is 1. The van der Waals surface area contributed by atoms with Crippen molar-refractivity contribution < 1.29 is 41.7 Å². The molecule has 3 aromatic rings. The summed E-state index contributed by atoms with van der Waals surface area (Å²) in [5.74, 6) is 0.624. The van der Waals surface area contributed by atoms with E-state index >= 15 is 0 Å². The summed E-state index contributed by atoms with van der Waals surface area (Å²) in [4.78, 5) is 29.1. The van der Waals surface area contributed by atoms with Gasteiger partial charge in [-0.1, -0.05) is 19.1 Å². The molecule has 13 heteroatoms. The number of carbonyl (C=O) groups is 2. The fraction of sp³-hybridized carbons (Fsp3) is 0.394. The van der Waals surface area contributed by atoms with E-state index in [-0.39, 0.29) is 47.0 Å². The maximum absolute atomic E-state index is 14.5. The number of ether oxygens (including phenoxy) is 5. The highest BCUT2D eigenvalue weighted by Gasteiger charge is 2.35. The van der Waals surface area contributed by atoms with Gasteiger partial charge in [0.05, 0.1) is 46.1 Å². The first-order valence-corrected chi connectivity index (χ1v) is 16.1. The molecule has 0 saturated heterocycles. The lowest BCUT2D eigenvalue weighted by Gasteiger charge is -2.34. The smallest absolute Gasteiger partial charge is 0.265 e. The zero-order valence-corrected chi connectivity index (χ0v) is 28.3. The molecule has 0 aliphatic rings. The second kappa shape index (κ2) is 16.1. The molecule has 0 heterocycles. The number of hydrogen-bond donors (Lipinski definition) is 1. The molecule has 1 unspecified atom stereocenters. The summed E-state index contributed by atoms with van der Waals surface area (Å²) >= 11 is 0. The minimum atomic E-state index is -4.46. The SMILES string of the molecule is CCC(C(=O)NC(C)C)N(Cc1cccc(OC)c1)C(=O)CN(c1cc(OC)ccc1OC)S(=O)(=O)c1ccc(OC)c(OC)c1. The fourth-order valence-electron chi connectivity index (χ4n) is 4.88. The van der Waals surface area contributed by atoms with E-state index in [2.05, 4.69) is 5.32 Å². The molecule has 0 bridgehead atoms. The number of nitrogens with zero attached hydrogens (tertiary/aromatic N) is 2. The summed E-state index contributed by atoms with van der Waals surface area (Å²) in [6.07, 6.45) is 0.277. The minimum absolute atomic E-state index is 0.0134. The quantitative estimate of drug-likeness (QED) is 0.240. The van der Waals surface area contributed by atoms with E-state index in [1.165, 1.54) is 64.7 Å². The Bertz CT molecular complexity index is 1610. The average molecular weight is 658 g/mol. The molecular weight excluding hydrogens is 614 g/mol. The van der Waals surface area contributed by atoms with Crippen molar-refractivity contribution in [2.45, 2.75) is 50.7 Å². The van der Waals surface area contributed by atoms with Crippen LogP contribution in [0.3, 0.4) is 0 Å². The summed E-state index contributed by atoms with van der Waals surface area (Å²) in [7, 11) is 2.75. The lowest BCUT2D eigenvalue weighted by molar-refractivity contribution is -0.140. The molecule has 0 fully saturated rings. The van der Waals surface area contributed by atoms with Crippen LogP contribution in [0, 0.1) is 0 Å². The Kier molecular flexibility index (Phi) is 12.5. The highest BCUT2D eigenvalue weighted by atomic mass is 32.2. The Labute approximate surface area is 271 Å². The maximum atomic E-state index is 14.5. The van der Waals surface area contributed by atoms with Gasteiger partial charge in [-0.15, -0.1) is 0 Å². The van der Waals surface area contributed by atoms with Gasteiger partial charge in [-0.05, 0) is 62.2 Å². The number of sulfonamides is 1. The molecule has 3 rings (SSSR count). The standard InChI is InChI=1S/C33H43N3O9S/c1-9-27(33(38)34-22(2)3)35(20-23-11-10-12-24(17-23)41-4)32(37)21-36(28-18-25(42-5)13-15-29(28)43-6)46(39,40)26-14-16-30(44-7)31(19-26)45-8/h10-19,22,27H,9,20-21H2,1-8H3,(H,34,38). The predicted molar refractivity (Wildman–Crippen MR) is 175 cm³/mol. The minimum Gasteiger partial charge on any atom is -0.497 e. The van der Waals surface area contributed by atoms with Gasteiger partial charge in [0.1, 0.15) is 29.8 Å². The lowest BCUT2D eigenvalue weighted by atomic mass is 10.1. The van der Waals surface area contributed by atoms with Crippen LogP contribution < -0.4 is 33.3 Å². The summed E-state index contributed by atoms with van der Waals surface area (Å²) in [6, 6.07) is 14.8. The van der Waals surface area contributed by atoms with E-state index in [0.717, 1.165) is 4.31 Å². The van der Waals surface area contributed by atoms with E-state index in [4.69, 9.17) is 23.7 Å². The third-order valence-electron chi connectivity index (χ3n) is 7.18. The van der Waals surface area contributed by atoms with Crippen LogP contribution in [0.4, 0.5) is 5.69 Å². The van der Waals surface area contributed by atoms with Gasteiger partial charge in [-0.25, -0.2) is 8.42 Å². The van der Waals surface area contributed by atoms with Crippen molar-refractivity contribution in [1.82, 2.24) is 10.2 Å². The van der Waals surface area contributed by atoms with Gasteiger partial charge in [0.25, 0.3) is 10.0 Å². The maximum Gasteiger partial charge on any atom is 0.265 e. The monoisotopic (exact) mass is 657 g/mol. The van der Waals surface area contributed by atoms with Crippen molar-refractivity contribution in [3.63, 3.8) is 0 Å². The van der Waals surface area contributed by atoms with Crippen LogP contribution in [-0.2, 0) is 26.2 Å². The Hall–Kier alpha value is -4.65. The Morgan fingerprint density at radius 3 is 2.00 bits per heavy atom. The van der Waals surface area contributed by atoms with Crippen molar-refractivity contribution in [3.8, 4) is 28.7 Å². The van der Waals surface area contributed by atoms with E-state index in [1.54, 1.807) is 43.3 Å². The topological polar surface area (TPSA) is 133 Å². The van der Waals surface area contributed by atoms with Crippen LogP contribution in [0.25, 0.3) is 0 Å². The molecule has 2 amide bonds. The molecule has 12 nitrogen and oxygen atoms in total. The van der Waals surface area contributed by atoms with E-state index in [1.807, 2.05) is 13.8 Å². The summed E-state index contributed by atoms with van der Waals surface area (Å²) in [5, 5.41) is 2.88. The third kappa shape index (κ3) is 8.33. The van der Waals surface area contributed by atoms with Crippen LogP contribution in [0.5, 0.6) is 28.7 Å². The third-order valence-corrected chi connectivity index (χ3v) is 8.94. The molecule has 0 aliphatic heterocycles. The van der Waals surface area contributed by atoms with Crippen LogP contribution in [-0.4, -0.2) is 79.3 Å². The Morgan fingerprint density at radius 1 is 0.783 bits per heavy atom. The number of nitrogens with one attached hydrogen (secondary N) is 1. The molecular formula is C33H43N3O9S. The predicted octanol–water partition coefficient (Wildman–Crippen LogP) is 4.26. The lowest BCUT2D eigenvalue weighted by Crippen LogP contribution is -2.53. The van der Waals surface area contributed by atoms with Crippen molar-refractivity contribution >= 4 is 27.5 Å². The summed E-state index contributed by atoms with van der Waals surface area (Å²) in [6.45, 7) is 4.78. The molecule has 0 aromatic heterocycles. The van der Waals surface area contributed by atoms with Crippen molar-refractivity contribution in [2.24, 2.45) is 0 Å². The summed E-state index contributed by atoms with van der Waals surface area (Å²) < 4.78 is 56.8. The molecule has 0 spiro atoms. The zero-order valence-electron chi connectivity index (χ0n) is 27.5. The number of rotatable bonds is 16. The second-order valence-electron chi connectivity index (χ2n) is 10.5. The number of benzene rings is 3. The number of methoxy groups -OCH3 is 5. The largest absolute Gasteiger partial charge is 0.497 e. The van der Waals surface area contributed by atoms with E-state index in [0.29, 0.717) is 22.8 Å². The van der Waals surface area contributed by atoms with Crippen LogP contribution in [0.15, 0.2) is 65.6 Å². The molecule has 0 radical (unpaired) electrons. The van der Waals surface area contributed by atoms with Gasteiger partial charge in [-0.2, -0.15) is 0 Å². The number of amides is 2. The van der Waals surface area contributed by atoms with Gasteiger partial charge in [0.15, 0.2) is 11.5 Å². The molecule has 250 valence electrons. The molecule has 0 saturated carbocycles. The molecule has 1 N–H and O–H groups in total. The number of hydrogen-bond acceptors (Lipinski definition) is 9. The Balaban J connectivity index is 2.21. The van der Waals surface area contributed by atoms with Gasteiger partial charge in [0.2, 0.25) is 11.8 Å². The first-order chi connectivity index (χ1) is 21.9. The van der Waals surface area contributed by atoms with E-state index < -0.39 is 28.5 Å². The first-order valence-electron chi connectivity index (χ1n) is 14.6. The molecule has 0 aliphatic carbocycles. The van der Waals surface area contributed by atoms with Gasteiger partial charge >= 0.3 is 0 Å². The zero-order chi connectivity index (χ0) is 34.0. The molecule has 3 aromatic carbocycles. The number of carbonyl (C=O) groups excluding carboxylic acids is 2. The fourth-order valence-corrected chi connectivity index (χ4v) is 6.31. The van der Waals surface area contributed by atoms with E-state index in [9.17, 15) is 18.0 Å². The van der Waals surface area contributed by atoms with Gasteiger partial charge < -0.3 is 33.9 Å². The Morgan fingerprint density at radius 2 is 1.41 bits per heavy atom. The average Bonchev–Trinajstić information content (AvgIpc) is 3.05. The first kappa shape index (κ1) is 35.8. The summed E-state index contributed by atoms with van der Waals surface area (Å²) in [5.41, 5.74) is 0.753. The normalized spacial score (nSPS) is 11.8. The van der Waals surface area contributed by atoms with Crippen molar-refractivity contribution in [1.29, 1.82) is 0 Å². The van der Waals surface area contributed by atoms with Crippen molar-refractivity contribution in [2.75, 3.05) is 46.4 Å². The van der Waals surface area contributed by atoms with Gasteiger partial charge in [0, 0.05) is 24.7 Å². The molecule has 46 heavy (non-hydrogen) atoms. The van der Waals surface area contributed by atoms with Crippen LogP contribution in [0.2, 0.25) is 0 Å². The molecule has 1 atom stereocenters. The van der Waals surface area contributed by atoms with Crippen LogP contribution >= 0.6 is 0 Å². The van der Waals surface area contributed by atoms with Gasteiger partial charge in [-0.3, -0.25) is 13.9 Å².